The fourth-order valence-electron chi connectivity index (χ4n) is 1.70. The average Bonchev–Trinajstić information content (AvgIpc) is 2.40. The number of nitrogen functional groups attached to an aromatic ring is 1. The molecule has 0 radical (unpaired) electrons. The predicted molar refractivity (Wildman–Crippen MR) is 80.2 cm³/mol. The smallest absolute Gasteiger partial charge is 0.119 e. The van der Waals surface area contributed by atoms with Crippen molar-refractivity contribution in [2.45, 2.75) is 13.0 Å². The summed E-state index contributed by atoms with van der Waals surface area (Å²) >= 11 is 3.44. The first kappa shape index (κ1) is 13.9. The minimum Gasteiger partial charge on any atom is -0.491 e. The second kappa shape index (κ2) is 6.08. The highest BCUT2D eigenvalue weighted by molar-refractivity contribution is 9.10. The maximum absolute atomic E-state index is 10.0. The second-order valence-corrected chi connectivity index (χ2v) is 5.26. The van der Waals surface area contributed by atoms with Crippen LogP contribution in [0.4, 0.5) is 5.69 Å². The Bertz CT molecular complexity index is 555. The summed E-state index contributed by atoms with van der Waals surface area (Å²) in [6, 6.07) is 12.9. The molecular weight excluding hydrogens is 306 g/mol. The van der Waals surface area contributed by atoms with Gasteiger partial charge >= 0.3 is 0 Å². The molecule has 0 saturated heterocycles. The van der Waals surface area contributed by atoms with Crippen molar-refractivity contribution < 1.29 is 9.84 Å². The quantitative estimate of drug-likeness (QED) is 0.848. The zero-order valence-corrected chi connectivity index (χ0v) is 12.2. The molecule has 0 spiro atoms. The van der Waals surface area contributed by atoms with E-state index in [1.54, 1.807) is 24.3 Å². The van der Waals surface area contributed by atoms with Crippen LogP contribution < -0.4 is 10.5 Å². The Labute approximate surface area is 121 Å². The SMILES string of the molecule is Cc1cc(OCC(O)c2ccc(N)cc2)ccc1Br. The van der Waals surface area contributed by atoms with Gasteiger partial charge in [-0.1, -0.05) is 28.1 Å². The van der Waals surface area contributed by atoms with Crippen molar-refractivity contribution in [2.24, 2.45) is 0 Å². The Morgan fingerprint density at radius 3 is 2.53 bits per heavy atom. The number of aryl methyl sites for hydroxylation is 1. The monoisotopic (exact) mass is 321 g/mol. The van der Waals surface area contributed by atoms with E-state index in [0.717, 1.165) is 21.3 Å². The summed E-state index contributed by atoms with van der Waals surface area (Å²) in [7, 11) is 0. The number of halogens is 1. The zero-order chi connectivity index (χ0) is 13.8. The van der Waals surface area contributed by atoms with Crippen LogP contribution in [0.3, 0.4) is 0 Å². The molecule has 1 atom stereocenters. The molecule has 2 rings (SSSR count). The highest BCUT2D eigenvalue weighted by Gasteiger charge is 2.08. The first-order valence-electron chi connectivity index (χ1n) is 5.98. The number of hydrogen-bond donors (Lipinski definition) is 2. The van der Waals surface area contributed by atoms with Crippen LogP contribution in [0.25, 0.3) is 0 Å². The van der Waals surface area contributed by atoms with E-state index in [2.05, 4.69) is 15.9 Å². The van der Waals surface area contributed by atoms with Crippen molar-refractivity contribution in [3.05, 3.63) is 58.1 Å². The molecule has 0 aliphatic carbocycles. The normalized spacial score (nSPS) is 12.2. The number of anilines is 1. The molecule has 0 fully saturated rings. The lowest BCUT2D eigenvalue weighted by Gasteiger charge is -2.13. The summed E-state index contributed by atoms with van der Waals surface area (Å²) in [6.07, 6.45) is -0.662. The van der Waals surface area contributed by atoms with Gasteiger partial charge in [-0.25, -0.2) is 0 Å². The molecule has 19 heavy (non-hydrogen) atoms. The highest BCUT2D eigenvalue weighted by Crippen LogP contribution is 2.23. The molecule has 100 valence electrons. The van der Waals surface area contributed by atoms with E-state index >= 15 is 0 Å². The number of aliphatic hydroxyl groups excluding tert-OH is 1. The third-order valence-corrected chi connectivity index (χ3v) is 3.75. The number of benzene rings is 2. The summed E-state index contributed by atoms with van der Waals surface area (Å²) in [6.45, 7) is 2.21. The lowest BCUT2D eigenvalue weighted by Crippen LogP contribution is -2.09. The van der Waals surface area contributed by atoms with E-state index in [1.165, 1.54) is 0 Å². The van der Waals surface area contributed by atoms with Gasteiger partial charge in [0.15, 0.2) is 0 Å². The molecule has 0 heterocycles. The molecule has 0 aromatic heterocycles. The molecule has 0 saturated carbocycles. The standard InChI is InChI=1S/C15H16BrNO2/c1-10-8-13(6-7-14(10)16)19-9-15(18)11-2-4-12(17)5-3-11/h2-8,15,18H,9,17H2,1H3. The molecule has 3 N–H and O–H groups in total. The average molecular weight is 322 g/mol. The molecule has 1 unspecified atom stereocenters. The first-order valence-corrected chi connectivity index (χ1v) is 6.78. The number of hydrogen-bond acceptors (Lipinski definition) is 3. The zero-order valence-electron chi connectivity index (χ0n) is 10.6. The largest absolute Gasteiger partial charge is 0.491 e. The molecule has 0 bridgehead atoms. The van der Waals surface area contributed by atoms with Gasteiger partial charge in [0, 0.05) is 10.2 Å². The summed E-state index contributed by atoms with van der Waals surface area (Å²) in [5.74, 6) is 0.746. The molecule has 2 aromatic rings. The second-order valence-electron chi connectivity index (χ2n) is 4.40. The van der Waals surface area contributed by atoms with E-state index in [1.807, 2.05) is 25.1 Å². The van der Waals surface area contributed by atoms with Gasteiger partial charge < -0.3 is 15.6 Å². The van der Waals surface area contributed by atoms with E-state index in [9.17, 15) is 5.11 Å². The Balaban J connectivity index is 1.98. The summed E-state index contributed by atoms with van der Waals surface area (Å²) in [5, 5.41) is 10.0. The van der Waals surface area contributed by atoms with Crippen LogP contribution in [-0.4, -0.2) is 11.7 Å². The van der Waals surface area contributed by atoms with Crippen LogP contribution >= 0.6 is 15.9 Å². The van der Waals surface area contributed by atoms with Gasteiger partial charge in [0.2, 0.25) is 0 Å². The summed E-state index contributed by atoms with van der Waals surface area (Å²) in [4.78, 5) is 0. The van der Waals surface area contributed by atoms with Gasteiger partial charge in [-0.05, 0) is 48.4 Å². The first-order chi connectivity index (χ1) is 9.06. The fraction of sp³-hybridized carbons (Fsp3) is 0.200. The Kier molecular flexibility index (Phi) is 4.45. The van der Waals surface area contributed by atoms with Crippen molar-refractivity contribution in [3.63, 3.8) is 0 Å². The molecule has 0 aliphatic heterocycles. The topological polar surface area (TPSA) is 55.5 Å². The third-order valence-electron chi connectivity index (χ3n) is 2.86. The van der Waals surface area contributed by atoms with Gasteiger partial charge in [-0.2, -0.15) is 0 Å². The van der Waals surface area contributed by atoms with E-state index in [4.69, 9.17) is 10.5 Å². The minimum absolute atomic E-state index is 0.213. The number of rotatable bonds is 4. The number of ether oxygens (including phenoxy) is 1. The van der Waals surface area contributed by atoms with Gasteiger partial charge in [0.25, 0.3) is 0 Å². The molecule has 3 nitrogen and oxygen atoms in total. The number of nitrogens with two attached hydrogens (primary N) is 1. The van der Waals surface area contributed by atoms with Crippen molar-refractivity contribution in [2.75, 3.05) is 12.3 Å². The Morgan fingerprint density at radius 1 is 1.21 bits per heavy atom. The lowest BCUT2D eigenvalue weighted by atomic mass is 10.1. The molecule has 4 heteroatoms. The van der Waals surface area contributed by atoms with Crippen LogP contribution in [0.15, 0.2) is 46.9 Å². The van der Waals surface area contributed by atoms with Gasteiger partial charge in [0.05, 0.1) is 0 Å². The molecule has 0 aliphatic rings. The van der Waals surface area contributed by atoms with Crippen LogP contribution in [0.5, 0.6) is 5.75 Å². The molecule has 0 amide bonds. The number of aliphatic hydroxyl groups is 1. The summed E-state index contributed by atoms with van der Waals surface area (Å²) in [5.41, 5.74) is 8.18. The van der Waals surface area contributed by atoms with Gasteiger partial charge in [-0.3, -0.25) is 0 Å². The van der Waals surface area contributed by atoms with Crippen LogP contribution in [0.2, 0.25) is 0 Å². The minimum atomic E-state index is -0.662. The highest BCUT2D eigenvalue weighted by atomic mass is 79.9. The van der Waals surface area contributed by atoms with Crippen molar-refractivity contribution in [1.82, 2.24) is 0 Å². The fourth-order valence-corrected chi connectivity index (χ4v) is 1.94. The van der Waals surface area contributed by atoms with Crippen LogP contribution in [-0.2, 0) is 0 Å². The maximum Gasteiger partial charge on any atom is 0.119 e. The van der Waals surface area contributed by atoms with E-state index in [-0.39, 0.29) is 6.61 Å². The lowest BCUT2D eigenvalue weighted by molar-refractivity contribution is 0.108. The Hall–Kier alpha value is -1.52. The van der Waals surface area contributed by atoms with Crippen LogP contribution in [0, 0.1) is 6.92 Å². The van der Waals surface area contributed by atoms with Crippen molar-refractivity contribution >= 4 is 21.6 Å². The van der Waals surface area contributed by atoms with E-state index in [0.29, 0.717) is 5.69 Å². The predicted octanol–water partition coefficient (Wildman–Crippen LogP) is 3.45. The Morgan fingerprint density at radius 2 is 1.89 bits per heavy atom. The van der Waals surface area contributed by atoms with E-state index < -0.39 is 6.10 Å². The van der Waals surface area contributed by atoms with Crippen LogP contribution in [0.1, 0.15) is 17.2 Å². The molecular formula is C15H16BrNO2. The summed E-state index contributed by atoms with van der Waals surface area (Å²) < 4.78 is 6.63. The van der Waals surface area contributed by atoms with Gasteiger partial charge in [0.1, 0.15) is 18.5 Å². The molecule has 2 aromatic carbocycles. The maximum atomic E-state index is 10.0. The van der Waals surface area contributed by atoms with Gasteiger partial charge in [-0.15, -0.1) is 0 Å². The third kappa shape index (κ3) is 3.72. The van der Waals surface area contributed by atoms with Crippen molar-refractivity contribution in [3.8, 4) is 5.75 Å². The van der Waals surface area contributed by atoms with Crippen molar-refractivity contribution in [1.29, 1.82) is 0 Å².